The first kappa shape index (κ1) is 12.1. The fourth-order valence-electron chi connectivity index (χ4n) is 2.29. The van der Waals surface area contributed by atoms with Crippen molar-refractivity contribution in [3.05, 3.63) is 48.0 Å². The fraction of sp³-hybridized carbons (Fsp3) is 0.333. The van der Waals surface area contributed by atoms with Crippen LogP contribution in [0, 0.1) is 0 Å². The molecular formula is C15H20N2. The summed E-state index contributed by atoms with van der Waals surface area (Å²) in [6.45, 7) is 0.920. The topological polar surface area (TPSA) is 29.3 Å². The van der Waals surface area contributed by atoms with Gasteiger partial charge >= 0.3 is 0 Å². The van der Waals surface area contributed by atoms with Crippen LogP contribution in [0.5, 0.6) is 0 Å². The SMILES string of the molecule is CN(C)CC(N)Cc1cccc2ccccc12. The Hall–Kier alpha value is -1.38. The van der Waals surface area contributed by atoms with Crippen LogP contribution in [0.1, 0.15) is 5.56 Å². The summed E-state index contributed by atoms with van der Waals surface area (Å²) in [5.74, 6) is 0. The number of likely N-dealkylation sites (N-methyl/N-ethyl adjacent to an activating group) is 1. The smallest absolute Gasteiger partial charge is 0.0208 e. The van der Waals surface area contributed by atoms with Gasteiger partial charge in [-0.15, -0.1) is 0 Å². The summed E-state index contributed by atoms with van der Waals surface area (Å²) in [5.41, 5.74) is 7.50. The molecule has 0 fully saturated rings. The summed E-state index contributed by atoms with van der Waals surface area (Å²) in [4.78, 5) is 2.13. The maximum absolute atomic E-state index is 6.16. The first-order valence-electron chi connectivity index (χ1n) is 6.04. The molecule has 2 aromatic carbocycles. The molecule has 0 amide bonds. The van der Waals surface area contributed by atoms with Gasteiger partial charge < -0.3 is 10.6 Å². The Balaban J connectivity index is 2.24. The molecule has 0 bridgehead atoms. The van der Waals surface area contributed by atoms with Gasteiger partial charge in [-0.2, -0.15) is 0 Å². The predicted molar refractivity (Wildman–Crippen MR) is 74.2 cm³/mol. The molecule has 0 spiro atoms. The van der Waals surface area contributed by atoms with E-state index in [1.54, 1.807) is 0 Å². The molecule has 17 heavy (non-hydrogen) atoms. The molecular weight excluding hydrogens is 208 g/mol. The second kappa shape index (κ2) is 5.30. The minimum Gasteiger partial charge on any atom is -0.326 e. The molecule has 0 aromatic heterocycles. The molecule has 2 nitrogen and oxygen atoms in total. The maximum Gasteiger partial charge on any atom is 0.0208 e. The van der Waals surface area contributed by atoms with E-state index in [1.165, 1.54) is 16.3 Å². The zero-order valence-electron chi connectivity index (χ0n) is 10.6. The third-order valence-corrected chi connectivity index (χ3v) is 2.96. The van der Waals surface area contributed by atoms with Crippen LogP contribution >= 0.6 is 0 Å². The molecule has 0 saturated heterocycles. The fourth-order valence-corrected chi connectivity index (χ4v) is 2.29. The minimum absolute atomic E-state index is 0.191. The molecule has 1 atom stereocenters. The zero-order chi connectivity index (χ0) is 12.3. The second-order valence-electron chi connectivity index (χ2n) is 4.86. The lowest BCUT2D eigenvalue weighted by Gasteiger charge is -2.17. The lowest BCUT2D eigenvalue weighted by atomic mass is 9.99. The monoisotopic (exact) mass is 228 g/mol. The quantitative estimate of drug-likeness (QED) is 0.870. The van der Waals surface area contributed by atoms with E-state index in [0.717, 1.165) is 13.0 Å². The van der Waals surface area contributed by atoms with Crippen molar-refractivity contribution in [3.63, 3.8) is 0 Å². The van der Waals surface area contributed by atoms with E-state index in [-0.39, 0.29) is 6.04 Å². The van der Waals surface area contributed by atoms with Gasteiger partial charge in [-0.3, -0.25) is 0 Å². The van der Waals surface area contributed by atoms with Crippen molar-refractivity contribution in [2.45, 2.75) is 12.5 Å². The van der Waals surface area contributed by atoms with Gasteiger partial charge in [0.2, 0.25) is 0 Å². The third-order valence-electron chi connectivity index (χ3n) is 2.96. The lowest BCUT2D eigenvalue weighted by molar-refractivity contribution is 0.371. The van der Waals surface area contributed by atoms with Gasteiger partial charge in [0.05, 0.1) is 0 Å². The molecule has 1 unspecified atom stereocenters. The number of hydrogen-bond acceptors (Lipinski definition) is 2. The summed E-state index contributed by atoms with van der Waals surface area (Å²) in [5, 5.41) is 2.62. The van der Waals surface area contributed by atoms with Gasteiger partial charge in [-0.05, 0) is 36.9 Å². The Morgan fingerprint density at radius 1 is 1.06 bits per heavy atom. The van der Waals surface area contributed by atoms with E-state index in [2.05, 4.69) is 61.5 Å². The summed E-state index contributed by atoms with van der Waals surface area (Å²) in [6.07, 6.45) is 0.930. The van der Waals surface area contributed by atoms with Crippen LogP contribution in [0.2, 0.25) is 0 Å². The van der Waals surface area contributed by atoms with E-state index >= 15 is 0 Å². The van der Waals surface area contributed by atoms with E-state index in [9.17, 15) is 0 Å². The third kappa shape index (κ3) is 3.05. The van der Waals surface area contributed by atoms with E-state index < -0.39 is 0 Å². The lowest BCUT2D eigenvalue weighted by Crippen LogP contribution is -2.34. The number of rotatable bonds is 4. The number of fused-ring (bicyclic) bond motifs is 1. The molecule has 0 heterocycles. The Kier molecular flexibility index (Phi) is 3.77. The highest BCUT2D eigenvalue weighted by Gasteiger charge is 2.07. The van der Waals surface area contributed by atoms with Crippen molar-refractivity contribution in [2.75, 3.05) is 20.6 Å². The van der Waals surface area contributed by atoms with Crippen LogP contribution in [0.25, 0.3) is 10.8 Å². The average molecular weight is 228 g/mol. The summed E-state index contributed by atoms with van der Waals surface area (Å²) >= 11 is 0. The molecule has 0 aliphatic heterocycles. The minimum atomic E-state index is 0.191. The molecule has 0 aliphatic rings. The van der Waals surface area contributed by atoms with E-state index in [1.807, 2.05) is 0 Å². The molecule has 2 N–H and O–H groups in total. The number of nitrogens with two attached hydrogens (primary N) is 1. The largest absolute Gasteiger partial charge is 0.326 e. The summed E-state index contributed by atoms with van der Waals surface area (Å²) in [6, 6.07) is 15.1. The zero-order valence-corrected chi connectivity index (χ0v) is 10.6. The highest BCUT2D eigenvalue weighted by atomic mass is 15.1. The van der Waals surface area contributed by atoms with Crippen LogP contribution < -0.4 is 5.73 Å². The van der Waals surface area contributed by atoms with Crippen molar-refractivity contribution < 1.29 is 0 Å². The van der Waals surface area contributed by atoms with Gasteiger partial charge in [-0.1, -0.05) is 42.5 Å². The Bertz CT molecular complexity index is 486. The van der Waals surface area contributed by atoms with Gasteiger partial charge in [0.25, 0.3) is 0 Å². The molecule has 2 rings (SSSR count). The highest BCUT2D eigenvalue weighted by Crippen LogP contribution is 2.19. The van der Waals surface area contributed by atoms with Gasteiger partial charge in [0.15, 0.2) is 0 Å². The second-order valence-corrected chi connectivity index (χ2v) is 4.86. The van der Waals surface area contributed by atoms with Gasteiger partial charge in [-0.25, -0.2) is 0 Å². The summed E-state index contributed by atoms with van der Waals surface area (Å²) in [7, 11) is 4.12. The Morgan fingerprint density at radius 3 is 2.53 bits per heavy atom. The molecule has 0 aliphatic carbocycles. The van der Waals surface area contributed by atoms with Crippen LogP contribution in [0.4, 0.5) is 0 Å². The number of benzene rings is 2. The predicted octanol–water partition coefficient (Wildman–Crippen LogP) is 2.27. The van der Waals surface area contributed by atoms with E-state index in [0.29, 0.717) is 0 Å². The van der Waals surface area contributed by atoms with Crippen LogP contribution in [0.3, 0.4) is 0 Å². The number of nitrogens with zero attached hydrogens (tertiary/aromatic N) is 1. The van der Waals surface area contributed by atoms with E-state index in [4.69, 9.17) is 5.73 Å². The van der Waals surface area contributed by atoms with Crippen LogP contribution in [0.15, 0.2) is 42.5 Å². The molecule has 0 saturated carbocycles. The van der Waals surface area contributed by atoms with Crippen molar-refractivity contribution >= 4 is 10.8 Å². The van der Waals surface area contributed by atoms with Gasteiger partial charge in [0.1, 0.15) is 0 Å². The Morgan fingerprint density at radius 2 is 1.76 bits per heavy atom. The maximum atomic E-state index is 6.16. The average Bonchev–Trinajstić information content (AvgIpc) is 2.28. The number of hydrogen-bond donors (Lipinski definition) is 1. The summed E-state index contributed by atoms with van der Waals surface area (Å²) < 4.78 is 0. The Labute approximate surface area is 103 Å². The van der Waals surface area contributed by atoms with Crippen LogP contribution in [-0.4, -0.2) is 31.6 Å². The van der Waals surface area contributed by atoms with Gasteiger partial charge in [0, 0.05) is 12.6 Å². The van der Waals surface area contributed by atoms with Crippen LogP contribution in [-0.2, 0) is 6.42 Å². The van der Waals surface area contributed by atoms with Crippen molar-refractivity contribution in [2.24, 2.45) is 5.73 Å². The van der Waals surface area contributed by atoms with Crippen molar-refractivity contribution in [1.82, 2.24) is 4.90 Å². The molecule has 2 aromatic rings. The molecule has 0 radical (unpaired) electrons. The first-order valence-corrected chi connectivity index (χ1v) is 6.04. The standard InChI is InChI=1S/C15H20N2/c1-17(2)11-14(16)10-13-8-5-7-12-6-3-4-9-15(12)13/h3-9,14H,10-11,16H2,1-2H3. The van der Waals surface area contributed by atoms with Crippen molar-refractivity contribution in [3.8, 4) is 0 Å². The van der Waals surface area contributed by atoms with Crippen molar-refractivity contribution in [1.29, 1.82) is 0 Å². The first-order chi connectivity index (χ1) is 8.16. The molecule has 2 heteroatoms. The highest BCUT2D eigenvalue weighted by molar-refractivity contribution is 5.85. The molecule has 90 valence electrons. The normalized spacial score (nSPS) is 13.2.